The van der Waals surface area contributed by atoms with Gasteiger partial charge in [0.2, 0.25) is 11.8 Å². The van der Waals surface area contributed by atoms with Crippen molar-refractivity contribution in [3.8, 4) is 5.75 Å². The minimum Gasteiger partial charge on any atom is -0.497 e. The van der Waals surface area contributed by atoms with Crippen LogP contribution in [-0.2, 0) is 9.59 Å². The molecule has 0 heterocycles. The molecule has 1 aliphatic rings. The molecule has 0 aliphatic heterocycles. The predicted molar refractivity (Wildman–Crippen MR) is 103 cm³/mol. The largest absolute Gasteiger partial charge is 0.497 e. The molecule has 0 bridgehead atoms. The van der Waals surface area contributed by atoms with Gasteiger partial charge in [0.05, 0.1) is 7.11 Å². The molecule has 2 amide bonds. The smallest absolute Gasteiger partial charge is 0.227 e. The van der Waals surface area contributed by atoms with E-state index in [1.54, 1.807) is 7.11 Å². The number of carbonyl (C=O) groups excluding carboxylic acids is 2. The maximum absolute atomic E-state index is 12.4. The third-order valence-corrected chi connectivity index (χ3v) is 4.91. The number of benzene rings is 1. The van der Waals surface area contributed by atoms with Crippen LogP contribution in [0.3, 0.4) is 0 Å². The van der Waals surface area contributed by atoms with E-state index in [1.165, 1.54) is 0 Å². The third-order valence-electron chi connectivity index (χ3n) is 4.91. The number of hydrogen-bond acceptors (Lipinski definition) is 4. The van der Waals surface area contributed by atoms with Crippen LogP contribution in [0.5, 0.6) is 5.75 Å². The summed E-state index contributed by atoms with van der Waals surface area (Å²) in [5.74, 6) is 0.965. The van der Waals surface area contributed by atoms with E-state index in [2.05, 4.69) is 15.5 Å². The molecule has 26 heavy (non-hydrogen) atoms. The summed E-state index contributed by atoms with van der Waals surface area (Å²) in [6, 6.07) is 7.33. The SMILES string of the molecule is COc1ccc(NC(=O)C2CCC(C(=O)NCCCN(C)C)CC2)cc1. The van der Waals surface area contributed by atoms with Gasteiger partial charge >= 0.3 is 0 Å². The van der Waals surface area contributed by atoms with Crippen molar-refractivity contribution < 1.29 is 14.3 Å². The molecule has 0 saturated heterocycles. The summed E-state index contributed by atoms with van der Waals surface area (Å²) in [5, 5.41) is 5.98. The van der Waals surface area contributed by atoms with Crippen LogP contribution in [0.2, 0.25) is 0 Å². The quantitative estimate of drug-likeness (QED) is 0.698. The highest BCUT2D eigenvalue weighted by Gasteiger charge is 2.29. The maximum Gasteiger partial charge on any atom is 0.227 e. The van der Waals surface area contributed by atoms with E-state index >= 15 is 0 Å². The Morgan fingerprint density at radius 2 is 1.62 bits per heavy atom. The first-order valence-electron chi connectivity index (χ1n) is 9.37. The molecule has 1 saturated carbocycles. The van der Waals surface area contributed by atoms with Gasteiger partial charge in [0.1, 0.15) is 5.75 Å². The lowest BCUT2D eigenvalue weighted by Crippen LogP contribution is -2.36. The normalized spacial score (nSPS) is 19.8. The van der Waals surface area contributed by atoms with Crippen LogP contribution in [-0.4, -0.2) is 51.0 Å². The molecule has 1 fully saturated rings. The first-order chi connectivity index (χ1) is 12.5. The molecule has 1 aliphatic carbocycles. The molecule has 0 spiro atoms. The lowest BCUT2D eigenvalue weighted by Gasteiger charge is -2.27. The molecular weight excluding hydrogens is 330 g/mol. The number of methoxy groups -OCH3 is 1. The van der Waals surface area contributed by atoms with Crippen molar-refractivity contribution in [3.63, 3.8) is 0 Å². The van der Waals surface area contributed by atoms with Crippen molar-refractivity contribution in [2.24, 2.45) is 11.8 Å². The van der Waals surface area contributed by atoms with Crippen LogP contribution < -0.4 is 15.4 Å². The van der Waals surface area contributed by atoms with E-state index in [0.29, 0.717) is 0 Å². The summed E-state index contributed by atoms with van der Waals surface area (Å²) in [6.07, 6.45) is 4.04. The molecule has 1 aromatic rings. The Labute approximate surface area is 156 Å². The van der Waals surface area contributed by atoms with Gasteiger partial charge in [-0.3, -0.25) is 9.59 Å². The zero-order valence-corrected chi connectivity index (χ0v) is 16.1. The zero-order valence-electron chi connectivity index (χ0n) is 16.1. The Morgan fingerprint density at radius 3 is 2.15 bits per heavy atom. The third kappa shape index (κ3) is 6.33. The van der Waals surface area contributed by atoms with Gasteiger partial charge in [-0.05, 0) is 77.0 Å². The van der Waals surface area contributed by atoms with Crippen molar-refractivity contribution in [3.05, 3.63) is 24.3 Å². The zero-order chi connectivity index (χ0) is 18.9. The Kier molecular flexibility index (Phi) is 7.91. The van der Waals surface area contributed by atoms with Crippen molar-refractivity contribution in [2.75, 3.05) is 39.6 Å². The van der Waals surface area contributed by atoms with E-state index in [0.717, 1.165) is 56.6 Å². The van der Waals surface area contributed by atoms with Gasteiger partial charge in [-0.15, -0.1) is 0 Å². The first-order valence-corrected chi connectivity index (χ1v) is 9.37. The Hall–Kier alpha value is -2.08. The second kappa shape index (κ2) is 10.2. The summed E-state index contributed by atoms with van der Waals surface area (Å²) in [7, 11) is 5.67. The van der Waals surface area contributed by atoms with Gasteiger partial charge in [0.25, 0.3) is 0 Å². The first kappa shape index (κ1) is 20.2. The number of hydrogen-bond donors (Lipinski definition) is 2. The van der Waals surface area contributed by atoms with Gasteiger partial charge in [-0.25, -0.2) is 0 Å². The number of rotatable bonds is 8. The molecule has 0 atom stereocenters. The second-order valence-corrected chi connectivity index (χ2v) is 7.21. The minimum atomic E-state index is -0.0186. The van der Waals surface area contributed by atoms with Crippen molar-refractivity contribution in [1.29, 1.82) is 0 Å². The summed E-state index contributed by atoms with van der Waals surface area (Å²) < 4.78 is 5.12. The van der Waals surface area contributed by atoms with E-state index < -0.39 is 0 Å². The summed E-state index contributed by atoms with van der Waals surface area (Å²) in [4.78, 5) is 26.8. The number of anilines is 1. The number of nitrogens with zero attached hydrogens (tertiary/aromatic N) is 1. The fourth-order valence-electron chi connectivity index (χ4n) is 3.29. The Bertz CT molecular complexity index is 578. The average Bonchev–Trinajstić information content (AvgIpc) is 2.65. The Balaban J connectivity index is 1.71. The van der Waals surface area contributed by atoms with Gasteiger partial charge in [0.15, 0.2) is 0 Å². The van der Waals surface area contributed by atoms with Crippen LogP contribution in [0.4, 0.5) is 5.69 Å². The lowest BCUT2D eigenvalue weighted by molar-refractivity contribution is -0.128. The molecule has 2 N–H and O–H groups in total. The molecule has 0 aromatic heterocycles. The van der Waals surface area contributed by atoms with Gasteiger partial charge in [0, 0.05) is 24.1 Å². The van der Waals surface area contributed by atoms with E-state index in [1.807, 2.05) is 38.4 Å². The second-order valence-electron chi connectivity index (χ2n) is 7.21. The number of ether oxygens (including phenoxy) is 1. The number of nitrogens with one attached hydrogen (secondary N) is 2. The van der Waals surface area contributed by atoms with Gasteiger partial charge < -0.3 is 20.3 Å². The van der Waals surface area contributed by atoms with Crippen molar-refractivity contribution in [1.82, 2.24) is 10.2 Å². The molecule has 0 unspecified atom stereocenters. The molecule has 2 rings (SSSR count). The van der Waals surface area contributed by atoms with Crippen LogP contribution in [0.1, 0.15) is 32.1 Å². The van der Waals surface area contributed by atoms with E-state index in [-0.39, 0.29) is 23.7 Å². The van der Waals surface area contributed by atoms with E-state index in [9.17, 15) is 9.59 Å². The molecule has 1 aromatic carbocycles. The molecule has 6 nitrogen and oxygen atoms in total. The Morgan fingerprint density at radius 1 is 1.04 bits per heavy atom. The van der Waals surface area contributed by atoms with Crippen molar-refractivity contribution >= 4 is 17.5 Å². The molecule has 144 valence electrons. The maximum atomic E-state index is 12.4. The highest BCUT2D eigenvalue weighted by atomic mass is 16.5. The minimum absolute atomic E-state index is 0.0186. The van der Waals surface area contributed by atoms with Crippen LogP contribution in [0, 0.1) is 11.8 Å². The highest BCUT2D eigenvalue weighted by Crippen LogP contribution is 2.30. The summed E-state index contributed by atoms with van der Waals surface area (Å²) in [6.45, 7) is 1.69. The lowest BCUT2D eigenvalue weighted by atomic mass is 9.81. The number of amides is 2. The van der Waals surface area contributed by atoms with Crippen LogP contribution in [0.25, 0.3) is 0 Å². The van der Waals surface area contributed by atoms with Crippen molar-refractivity contribution in [2.45, 2.75) is 32.1 Å². The monoisotopic (exact) mass is 361 g/mol. The van der Waals surface area contributed by atoms with Crippen LogP contribution >= 0.6 is 0 Å². The van der Waals surface area contributed by atoms with E-state index in [4.69, 9.17) is 4.74 Å². The summed E-state index contributed by atoms with van der Waals surface area (Å²) >= 11 is 0. The van der Waals surface area contributed by atoms with Gasteiger partial charge in [-0.2, -0.15) is 0 Å². The predicted octanol–water partition coefficient (Wildman–Crippen LogP) is 2.51. The molecule has 0 radical (unpaired) electrons. The number of carbonyl (C=O) groups is 2. The van der Waals surface area contributed by atoms with Gasteiger partial charge in [-0.1, -0.05) is 0 Å². The fraction of sp³-hybridized carbons (Fsp3) is 0.600. The molecular formula is C20H31N3O3. The molecule has 6 heteroatoms. The van der Waals surface area contributed by atoms with Crippen LogP contribution in [0.15, 0.2) is 24.3 Å². The standard InChI is InChI=1S/C20H31N3O3/c1-23(2)14-4-13-21-19(24)15-5-7-16(8-6-15)20(25)22-17-9-11-18(26-3)12-10-17/h9-12,15-16H,4-8,13-14H2,1-3H3,(H,21,24)(H,22,25). The fourth-order valence-corrected chi connectivity index (χ4v) is 3.29. The summed E-state index contributed by atoms with van der Waals surface area (Å²) in [5.41, 5.74) is 0.775. The highest BCUT2D eigenvalue weighted by molar-refractivity contribution is 5.92. The topological polar surface area (TPSA) is 70.7 Å². The average molecular weight is 361 g/mol.